The lowest BCUT2D eigenvalue weighted by atomic mass is 10.1. The Morgan fingerprint density at radius 2 is 1.74 bits per heavy atom. The molecule has 0 atom stereocenters. The van der Waals surface area contributed by atoms with Gasteiger partial charge in [0, 0.05) is 37.8 Å². The lowest BCUT2D eigenvalue weighted by molar-refractivity contribution is -0.132. The van der Waals surface area contributed by atoms with E-state index in [4.69, 9.17) is 0 Å². The third kappa shape index (κ3) is 4.05. The van der Waals surface area contributed by atoms with Gasteiger partial charge in [-0.15, -0.1) is 5.10 Å². The zero-order chi connectivity index (χ0) is 21.2. The van der Waals surface area contributed by atoms with E-state index in [-0.39, 0.29) is 18.0 Å². The molecule has 158 valence electrons. The first-order valence-electron chi connectivity index (χ1n) is 10.7. The number of hydrogen-bond donors (Lipinski definition) is 0. The van der Waals surface area contributed by atoms with E-state index in [2.05, 4.69) is 26.3 Å². The number of carbonyl (C=O) groups excluding carboxylic acids is 1. The van der Waals surface area contributed by atoms with Gasteiger partial charge < -0.3 is 9.80 Å². The lowest BCUT2D eigenvalue weighted by Gasteiger charge is -2.35. The summed E-state index contributed by atoms with van der Waals surface area (Å²) < 4.78 is 1.25. The number of piperazine rings is 1. The molecule has 1 saturated heterocycles. The highest BCUT2D eigenvalue weighted by Crippen LogP contribution is 2.23. The normalized spacial score (nSPS) is 15.7. The molecule has 0 unspecified atom stereocenters. The van der Waals surface area contributed by atoms with E-state index < -0.39 is 0 Å². The van der Waals surface area contributed by atoms with Crippen molar-refractivity contribution in [1.82, 2.24) is 24.9 Å². The smallest absolute Gasteiger partial charge is 0.267 e. The molecule has 3 aromatic rings. The summed E-state index contributed by atoms with van der Waals surface area (Å²) in [6, 6.07) is 14.9. The van der Waals surface area contributed by atoms with Crippen LogP contribution in [0.4, 0.5) is 5.82 Å². The van der Waals surface area contributed by atoms with Crippen LogP contribution in [-0.4, -0.2) is 57.0 Å². The van der Waals surface area contributed by atoms with Crippen molar-refractivity contribution in [3.8, 4) is 11.3 Å². The summed E-state index contributed by atoms with van der Waals surface area (Å²) in [5, 5.41) is 13.1. The Kier molecular flexibility index (Phi) is 5.19. The van der Waals surface area contributed by atoms with Gasteiger partial charge in [-0.2, -0.15) is 10.2 Å². The number of fused-ring (bicyclic) bond motifs is 1. The summed E-state index contributed by atoms with van der Waals surface area (Å²) in [7, 11) is 0. The van der Waals surface area contributed by atoms with Crippen LogP contribution >= 0.6 is 0 Å². The maximum atomic E-state index is 12.8. The second-order valence-corrected chi connectivity index (χ2v) is 7.98. The first kappa shape index (κ1) is 19.4. The predicted octanol–water partition coefficient (Wildman–Crippen LogP) is 1.54. The van der Waals surface area contributed by atoms with Gasteiger partial charge in [-0.25, -0.2) is 4.68 Å². The number of nitrogens with zero attached hydrogens (tertiary/aromatic N) is 6. The van der Waals surface area contributed by atoms with E-state index in [1.54, 1.807) is 11.0 Å². The Hall–Kier alpha value is -3.55. The maximum absolute atomic E-state index is 12.8. The van der Waals surface area contributed by atoms with E-state index in [0.717, 1.165) is 36.3 Å². The molecule has 1 amide bonds. The van der Waals surface area contributed by atoms with Crippen LogP contribution in [-0.2, 0) is 24.2 Å². The number of hydrogen-bond acceptors (Lipinski definition) is 6. The molecule has 2 aliphatic rings. The molecule has 1 fully saturated rings. The van der Waals surface area contributed by atoms with Crippen molar-refractivity contribution in [3.63, 3.8) is 0 Å². The lowest BCUT2D eigenvalue weighted by Crippen LogP contribution is -2.50. The van der Waals surface area contributed by atoms with Crippen molar-refractivity contribution in [2.45, 2.75) is 25.8 Å². The number of benzene rings is 1. The molecule has 5 rings (SSSR count). The highest BCUT2D eigenvalue weighted by Gasteiger charge is 2.24. The average molecular weight is 416 g/mol. The van der Waals surface area contributed by atoms with Gasteiger partial charge in [-0.05, 0) is 37.0 Å². The van der Waals surface area contributed by atoms with E-state index in [1.807, 2.05) is 30.3 Å². The van der Waals surface area contributed by atoms with Gasteiger partial charge in [0.1, 0.15) is 6.54 Å². The van der Waals surface area contributed by atoms with Crippen molar-refractivity contribution in [2.24, 2.45) is 0 Å². The third-order valence-electron chi connectivity index (χ3n) is 5.98. The zero-order valence-electron chi connectivity index (χ0n) is 17.3. The molecule has 0 spiro atoms. The fourth-order valence-corrected chi connectivity index (χ4v) is 4.21. The molecule has 1 aliphatic heterocycles. The fourth-order valence-electron chi connectivity index (χ4n) is 4.21. The van der Waals surface area contributed by atoms with E-state index in [0.29, 0.717) is 31.9 Å². The summed E-state index contributed by atoms with van der Waals surface area (Å²) in [5.74, 6) is 0.792. The maximum Gasteiger partial charge on any atom is 0.267 e. The van der Waals surface area contributed by atoms with Gasteiger partial charge in [0.15, 0.2) is 5.82 Å². The molecule has 0 radical (unpaired) electrons. The van der Waals surface area contributed by atoms with Crippen molar-refractivity contribution >= 4 is 11.7 Å². The topological polar surface area (TPSA) is 84.2 Å². The van der Waals surface area contributed by atoms with Crippen LogP contribution in [0, 0.1) is 0 Å². The molecule has 3 heterocycles. The van der Waals surface area contributed by atoms with Crippen molar-refractivity contribution in [3.05, 3.63) is 70.1 Å². The third-order valence-corrected chi connectivity index (χ3v) is 5.98. The van der Waals surface area contributed by atoms with Crippen LogP contribution in [0.15, 0.2) is 53.3 Å². The molecular weight excluding hydrogens is 392 g/mol. The van der Waals surface area contributed by atoms with Crippen molar-refractivity contribution < 1.29 is 4.79 Å². The SMILES string of the molecule is O=C(Cn1nc(-c2ccccc2)ccc1=O)N1CCN(c2cc3c(nn2)CCC3)CC1. The summed E-state index contributed by atoms with van der Waals surface area (Å²) in [4.78, 5) is 29.1. The molecule has 0 saturated carbocycles. The van der Waals surface area contributed by atoms with Crippen molar-refractivity contribution in [1.29, 1.82) is 0 Å². The standard InChI is InChI=1S/C23H24N6O2/c30-22-10-9-20(17-5-2-1-3-6-17)26-29(22)16-23(31)28-13-11-27(12-14-28)21-15-18-7-4-8-19(18)24-25-21/h1-3,5-6,9-10,15H,4,7-8,11-14,16H2. The number of carbonyl (C=O) groups is 1. The molecular formula is C23H24N6O2. The number of aryl methyl sites for hydroxylation is 2. The molecule has 8 nitrogen and oxygen atoms in total. The number of amides is 1. The Morgan fingerprint density at radius 3 is 2.55 bits per heavy atom. The monoisotopic (exact) mass is 416 g/mol. The van der Waals surface area contributed by atoms with Crippen LogP contribution in [0.5, 0.6) is 0 Å². The highest BCUT2D eigenvalue weighted by molar-refractivity contribution is 5.76. The summed E-state index contributed by atoms with van der Waals surface area (Å²) in [5.41, 5.74) is 3.72. The summed E-state index contributed by atoms with van der Waals surface area (Å²) in [6.07, 6.45) is 3.23. The van der Waals surface area contributed by atoms with Crippen LogP contribution < -0.4 is 10.5 Å². The van der Waals surface area contributed by atoms with Gasteiger partial charge in [-0.3, -0.25) is 9.59 Å². The van der Waals surface area contributed by atoms with E-state index in [1.165, 1.54) is 16.3 Å². The Labute approximate surface area is 180 Å². The number of aromatic nitrogens is 4. The second kappa shape index (κ2) is 8.29. The Morgan fingerprint density at radius 1 is 0.935 bits per heavy atom. The molecule has 1 aliphatic carbocycles. The summed E-state index contributed by atoms with van der Waals surface area (Å²) in [6.45, 7) is 2.52. The molecule has 2 aromatic heterocycles. The number of rotatable bonds is 4. The predicted molar refractivity (Wildman–Crippen MR) is 117 cm³/mol. The minimum atomic E-state index is -0.278. The minimum Gasteiger partial charge on any atom is -0.352 e. The van der Waals surface area contributed by atoms with Gasteiger partial charge in [0.05, 0.1) is 11.4 Å². The first-order valence-corrected chi connectivity index (χ1v) is 10.7. The van der Waals surface area contributed by atoms with E-state index >= 15 is 0 Å². The number of anilines is 1. The summed E-state index contributed by atoms with van der Waals surface area (Å²) >= 11 is 0. The molecule has 31 heavy (non-hydrogen) atoms. The van der Waals surface area contributed by atoms with Crippen molar-refractivity contribution in [2.75, 3.05) is 31.1 Å². The average Bonchev–Trinajstić information content (AvgIpc) is 3.29. The second-order valence-electron chi connectivity index (χ2n) is 7.98. The first-order chi connectivity index (χ1) is 15.2. The fraction of sp³-hybridized carbons (Fsp3) is 0.348. The molecule has 1 aromatic carbocycles. The van der Waals surface area contributed by atoms with E-state index in [9.17, 15) is 9.59 Å². The Balaban J connectivity index is 1.24. The van der Waals surface area contributed by atoms with Gasteiger partial charge in [0.25, 0.3) is 5.56 Å². The molecule has 0 bridgehead atoms. The van der Waals surface area contributed by atoms with Crippen LogP contribution in [0.1, 0.15) is 17.7 Å². The largest absolute Gasteiger partial charge is 0.352 e. The zero-order valence-corrected chi connectivity index (χ0v) is 17.3. The van der Waals surface area contributed by atoms with Crippen LogP contribution in [0.3, 0.4) is 0 Å². The highest BCUT2D eigenvalue weighted by atomic mass is 16.2. The minimum absolute atomic E-state index is 0.0574. The van der Waals surface area contributed by atoms with Gasteiger partial charge >= 0.3 is 0 Å². The molecule has 0 N–H and O–H groups in total. The van der Waals surface area contributed by atoms with Gasteiger partial charge in [-0.1, -0.05) is 30.3 Å². The van der Waals surface area contributed by atoms with Crippen LogP contribution in [0.2, 0.25) is 0 Å². The molecule has 8 heteroatoms. The van der Waals surface area contributed by atoms with Gasteiger partial charge in [0.2, 0.25) is 5.91 Å². The quantitative estimate of drug-likeness (QED) is 0.642. The van der Waals surface area contributed by atoms with Crippen LogP contribution in [0.25, 0.3) is 11.3 Å². The Bertz CT molecular complexity index is 1150.